The third kappa shape index (κ3) is 3.94. The first kappa shape index (κ1) is 18.1. The Hall–Kier alpha value is -1.71. The lowest BCUT2D eigenvalue weighted by atomic mass is 9.97. The molecule has 1 saturated heterocycles. The van der Waals surface area contributed by atoms with Crippen molar-refractivity contribution in [1.82, 2.24) is 9.46 Å². The van der Waals surface area contributed by atoms with Gasteiger partial charge in [-0.3, -0.25) is 4.79 Å². The molecule has 0 spiro atoms. The summed E-state index contributed by atoms with van der Waals surface area (Å²) in [6.45, 7) is 4.44. The van der Waals surface area contributed by atoms with Crippen molar-refractivity contribution in [3.8, 4) is 0 Å². The molecule has 9 heteroatoms. The van der Waals surface area contributed by atoms with E-state index in [1.54, 1.807) is 19.1 Å². The molecule has 7 nitrogen and oxygen atoms in total. The summed E-state index contributed by atoms with van der Waals surface area (Å²) in [4.78, 5) is 13.3. The predicted octanol–water partition coefficient (Wildman–Crippen LogP) is 2.65. The number of carbonyl (C=O) groups is 1. The maximum absolute atomic E-state index is 12.7. The van der Waals surface area contributed by atoms with E-state index in [4.69, 9.17) is 4.52 Å². The fourth-order valence-corrected chi connectivity index (χ4v) is 5.75. The summed E-state index contributed by atoms with van der Waals surface area (Å²) in [5.74, 6) is 0.648. The van der Waals surface area contributed by atoms with Crippen LogP contribution in [-0.2, 0) is 21.2 Å². The van der Waals surface area contributed by atoms with Crippen LogP contribution in [0.5, 0.6) is 0 Å². The number of hydrogen-bond acceptors (Lipinski definition) is 6. The number of sulfonamides is 1. The van der Waals surface area contributed by atoms with Gasteiger partial charge in [-0.2, -0.15) is 4.31 Å². The maximum atomic E-state index is 12.7. The summed E-state index contributed by atoms with van der Waals surface area (Å²) in [5.41, 5.74) is 0. The van der Waals surface area contributed by atoms with Gasteiger partial charge in [0.2, 0.25) is 5.91 Å². The minimum atomic E-state index is -3.46. The van der Waals surface area contributed by atoms with Gasteiger partial charge in [0, 0.05) is 30.0 Å². The molecule has 0 radical (unpaired) electrons. The Balaban J connectivity index is 1.60. The number of thiophene rings is 1. The van der Waals surface area contributed by atoms with Crippen LogP contribution in [0.1, 0.15) is 30.4 Å². The Morgan fingerprint density at radius 1 is 1.40 bits per heavy atom. The second kappa shape index (κ2) is 7.27. The number of nitrogens with one attached hydrogen (secondary N) is 1. The first-order chi connectivity index (χ1) is 11.9. The molecule has 0 bridgehead atoms. The second-order valence-corrected chi connectivity index (χ2v) is 9.40. The van der Waals surface area contributed by atoms with Crippen molar-refractivity contribution in [3.05, 3.63) is 28.8 Å². The van der Waals surface area contributed by atoms with Crippen LogP contribution in [0.3, 0.4) is 0 Å². The van der Waals surface area contributed by atoms with Gasteiger partial charge in [-0.1, -0.05) is 12.1 Å². The van der Waals surface area contributed by atoms with E-state index < -0.39 is 10.0 Å². The zero-order valence-corrected chi connectivity index (χ0v) is 15.8. The van der Waals surface area contributed by atoms with Crippen molar-refractivity contribution in [2.24, 2.45) is 5.92 Å². The van der Waals surface area contributed by atoms with Crippen LogP contribution in [0.4, 0.5) is 5.82 Å². The average Bonchev–Trinajstić information content (AvgIpc) is 3.24. The zero-order valence-electron chi connectivity index (χ0n) is 14.2. The van der Waals surface area contributed by atoms with Gasteiger partial charge in [-0.15, -0.1) is 11.3 Å². The van der Waals surface area contributed by atoms with E-state index in [9.17, 15) is 13.2 Å². The quantitative estimate of drug-likeness (QED) is 0.857. The van der Waals surface area contributed by atoms with Gasteiger partial charge in [0.1, 0.15) is 9.97 Å². The molecule has 0 aliphatic carbocycles. The van der Waals surface area contributed by atoms with E-state index in [1.807, 2.05) is 13.0 Å². The molecule has 0 atom stereocenters. The van der Waals surface area contributed by atoms with Crippen LogP contribution in [-0.4, -0.2) is 36.9 Å². The number of amides is 1. The van der Waals surface area contributed by atoms with Crippen LogP contribution >= 0.6 is 11.3 Å². The lowest BCUT2D eigenvalue weighted by Gasteiger charge is -2.29. The Bertz CT molecular complexity index is 848. The third-order valence-corrected chi connectivity index (χ3v) is 7.88. The minimum absolute atomic E-state index is 0.144. The zero-order chi connectivity index (χ0) is 18.0. The van der Waals surface area contributed by atoms with Crippen LogP contribution in [0.2, 0.25) is 0 Å². The molecule has 0 unspecified atom stereocenters. The van der Waals surface area contributed by atoms with Crippen molar-refractivity contribution in [2.75, 3.05) is 18.4 Å². The lowest BCUT2D eigenvalue weighted by Crippen LogP contribution is -2.41. The smallest absolute Gasteiger partial charge is 0.252 e. The number of aryl methyl sites for hydroxylation is 2. The van der Waals surface area contributed by atoms with Crippen LogP contribution in [0.15, 0.2) is 26.9 Å². The molecule has 3 rings (SSSR count). The Labute approximate surface area is 151 Å². The molecule has 136 valence electrons. The average molecular weight is 383 g/mol. The summed E-state index contributed by atoms with van der Waals surface area (Å²) in [5, 5.41) is 6.46. The van der Waals surface area contributed by atoms with Gasteiger partial charge in [0.05, 0.1) is 0 Å². The van der Waals surface area contributed by atoms with E-state index in [-0.39, 0.29) is 11.8 Å². The normalized spacial score (nSPS) is 16.9. The largest absolute Gasteiger partial charge is 0.360 e. The van der Waals surface area contributed by atoms with Crippen LogP contribution in [0, 0.1) is 12.8 Å². The molecule has 0 aromatic carbocycles. The number of rotatable bonds is 5. The summed E-state index contributed by atoms with van der Waals surface area (Å²) in [7, 11) is -3.46. The molecule has 1 N–H and O–H groups in total. The molecule has 3 heterocycles. The van der Waals surface area contributed by atoms with Crippen molar-refractivity contribution in [3.63, 3.8) is 0 Å². The van der Waals surface area contributed by atoms with Crippen LogP contribution in [0.25, 0.3) is 0 Å². The maximum Gasteiger partial charge on any atom is 0.252 e. The highest BCUT2D eigenvalue weighted by atomic mass is 32.2. The highest BCUT2D eigenvalue weighted by molar-refractivity contribution is 7.91. The number of aromatic nitrogens is 1. The van der Waals surface area contributed by atoms with Crippen molar-refractivity contribution < 1.29 is 17.7 Å². The van der Waals surface area contributed by atoms with Gasteiger partial charge in [0.25, 0.3) is 10.0 Å². The Kier molecular flexibility index (Phi) is 5.26. The molecule has 0 saturated carbocycles. The Morgan fingerprint density at radius 3 is 2.68 bits per heavy atom. The second-order valence-electron chi connectivity index (χ2n) is 6.06. The van der Waals surface area contributed by atoms with Gasteiger partial charge in [-0.05, 0) is 38.3 Å². The molecule has 2 aromatic rings. The fraction of sp³-hybridized carbons (Fsp3) is 0.500. The number of carbonyl (C=O) groups excluding carboxylic acids is 1. The molecular weight excluding hydrogens is 362 g/mol. The molecular formula is C16H21N3O4S2. The molecule has 1 aliphatic rings. The Morgan fingerprint density at radius 2 is 2.12 bits per heavy atom. The molecule has 2 aromatic heterocycles. The highest BCUT2D eigenvalue weighted by Crippen LogP contribution is 2.29. The summed E-state index contributed by atoms with van der Waals surface area (Å²) >= 11 is 1.32. The van der Waals surface area contributed by atoms with Crippen LogP contribution < -0.4 is 5.32 Å². The first-order valence-electron chi connectivity index (χ1n) is 8.23. The molecule has 1 amide bonds. The number of nitrogens with zero attached hydrogens (tertiary/aromatic N) is 2. The predicted molar refractivity (Wildman–Crippen MR) is 95.0 cm³/mol. The summed E-state index contributed by atoms with van der Waals surface area (Å²) in [6.07, 6.45) is 1.81. The summed E-state index contributed by atoms with van der Waals surface area (Å²) in [6, 6.07) is 5.18. The standard InChI is InChI=1S/C16H21N3O4S2/c1-3-13-4-5-15(24-13)25(21,22)19-8-6-12(7-9-19)16(20)17-14-10-11(2)23-18-14/h4-5,10,12H,3,6-9H2,1-2H3,(H,17,18,20). The topological polar surface area (TPSA) is 92.5 Å². The van der Waals surface area contributed by atoms with Gasteiger partial charge in [0.15, 0.2) is 5.82 Å². The first-order valence-corrected chi connectivity index (χ1v) is 10.5. The van der Waals surface area contributed by atoms with Crippen molar-refractivity contribution >= 4 is 33.1 Å². The van der Waals surface area contributed by atoms with Gasteiger partial charge < -0.3 is 9.84 Å². The van der Waals surface area contributed by atoms with E-state index in [0.717, 1.165) is 11.3 Å². The third-order valence-electron chi connectivity index (χ3n) is 4.28. The number of piperidine rings is 1. The molecule has 1 aliphatic heterocycles. The number of anilines is 1. The minimum Gasteiger partial charge on any atom is -0.360 e. The van der Waals surface area contributed by atoms with E-state index in [0.29, 0.717) is 41.7 Å². The molecule has 1 fully saturated rings. The fourth-order valence-electron chi connectivity index (χ4n) is 2.83. The monoisotopic (exact) mass is 383 g/mol. The van der Waals surface area contributed by atoms with E-state index >= 15 is 0 Å². The highest BCUT2D eigenvalue weighted by Gasteiger charge is 2.33. The van der Waals surface area contributed by atoms with E-state index in [2.05, 4.69) is 10.5 Å². The summed E-state index contributed by atoms with van der Waals surface area (Å²) < 4.78 is 32.2. The van der Waals surface area contributed by atoms with Gasteiger partial charge in [-0.25, -0.2) is 8.42 Å². The number of hydrogen-bond donors (Lipinski definition) is 1. The van der Waals surface area contributed by atoms with E-state index in [1.165, 1.54) is 15.6 Å². The SMILES string of the molecule is CCc1ccc(S(=O)(=O)N2CCC(C(=O)Nc3cc(C)on3)CC2)s1. The van der Waals surface area contributed by atoms with Gasteiger partial charge >= 0.3 is 0 Å². The molecule has 25 heavy (non-hydrogen) atoms. The lowest BCUT2D eigenvalue weighted by molar-refractivity contribution is -0.120. The van der Waals surface area contributed by atoms with Crippen molar-refractivity contribution in [2.45, 2.75) is 37.3 Å². The van der Waals surface area contributed by atoms with Crippen molar-refractivity contribution in [1.29, 1.82) is 0 Å².